The molecule has 106 valence electrons. The normalized spacial score (nSPS) is 40.2. The van der Waals surface area contributed by atoms with Crippen molar-refractivity contribution in [1.29, 1.82) is 0 Å². The van der Waals surface area contributed by atoms with Crippen molar-refractivity contribution in [3.8, 4) is 0 Å². The van der Waals surface area contributed by atoms with Crippen molar-refractivity contribution in [2.24, 2.45) is 5.92 Å². The van der Waals surface area contributed by atoms with Crippen LogP contribution >= 0.6 is 0 Å². The maximum atomic E-state index is 6.17. The highest BCUT2D eigenvalue weighted by Gasteiger charge is 2.54. The van der Waals surface area contributed by atoms with Crippen LogP contribution in [0.3, 0.4) is 0 Å². The number of hydrogen-bond donors (Lipinski definition) is 0. The Morgan fingerprint density at radius 3 is 2.42 bits per heavy atom. The van der Waals surface area contributed by atoms with E-state index in [0.29, 0.717) is 17.8 Å². The average Bonchev–Trinajstić information content (AvgIpc) is 2.58. The van der Waals surface area contributed by atoms with Crippen LogP contribution in [-0.4, -0.2) is 31.0 Å². The number of ether oxygens (including phenoxy) is 1. The minimum Gasteiger partial charge on any atom is -0.403 e. The van der Waals surface area contributed by atoms with Gasteiger partial charge in [-0.25, -0.2) is 0 Å². The Labute approximate surface area is 116 Å². The van der Waals surface area contributed by atoms with Crippen molar-refractivity contribution in [3.63, 3.8) is 0 Å². The van der Waals surface area contributed by atoms with Gasteiger partial charge in [0.15, 0.2) is 0 Å². The van der Waals surface area contributed by atoms with Crippen molar-refractivity contribution < 1.29 is 14.0 Å². The van der Waals surface area contributed by atoms with Crippen molar-refractivity contribution in [1.82, 2.24) is 0 Å². The Morgan fingerprint density at radius 1 is 1.05 bits per heavy atom. The number of hydrogen-bond acceptors (Lipinski definition) is 3. The van der Waals surface area contributed by atoms with Gasteiger partial charge in [-0.05, 0) is 52.9 Å². The zero-order valence-electron chi connectivity index (χ0n) is 12.5. The zero-order chi connectivity index (χ0) is 13.7. The first-order valence-electron chi connectivity index (χ1n) is 7.55. The molecule has 0 amide bonds. The molecule has 3 atom stereocenters. The Morgan fingerprint density at radius 2 is 1.74 bits per heavy atom. The van der Waals surface area contributed by atoms with Crippen LogP contribution < -0.4 is 0 Å². The summed E-state index contributed by atoms with van der Waals surface area (Å²) in [6, 6.07) is 0. The van der Waals surface area contributed by atoms with Crippen LogP contribution in [0.5, 0.6) is 0 Å². The lowest BCUT2D eigenvalue weighted by molar-refractivity contribution is -0.00347. The molecule has 0 bridgehead atoms. The minimum atomic E-state index is -0.231. The predicted molar refractivity (Wildman–Crippen MR) is 76.1 cm³/mol. The molecule has 2 saturated heterocycles. The molecular weight excluding hydrogens is 239 g/mol. The molecule has 0 saturated carbocycles. The highest BCUT2D eigenvalue weighted by atomic mass is 16.7. The molecule has 0 aromatic carbocycles. The van der Waals surface area contributed by atoms with Gasteiger partial charge >= 0.3 is 7.12 Å². The summed E-state index contributed by atoms with van der Waals surface area (Å²) < 4.78 is 18.1. The van der Waals surface area contributed by atoms with Gasteiger partial charge < -0.3 is 14.0 Å². The van der Waals surface area contributed by atoms with Gasteiger partial charge in [0.1, 0.15) is 0 Å². The summed E-state index contributed by atoms with van der Waals surface area (Å²) in [5.74, 6) is 1.01. The van der Waals surface area contributed by atoms with Crippen LogP contribution in [0.1, 0.15) is 47.0 Å². The first-order chi connectivity index (χ1) is 8.89. The monoisotopic (exact) mass is 264 g/mol. The van der Waals surface area contributed by atoms with E-state index in [4.69, 9.17) is 14.0 Å². The first kappa shape index (κ1) is 13.7. The van der Waals surface area contributed by atoms with Crippen LogP contribution in [0.4, 0.5) is 0 Å². The third-order valence-electron chi connectivity index (χ3n) is 5.24. The lowest BCUT2D eigenvalue weighted by Crippen LogP contribution is -2.41. The molecule has 1 aliphatic carbocycles. The fourth-order valence-electron chi connectivity index (χ4n) is 3.28. The lowest BCUT2D eigenvalue weighted by atomic mass is 9.63. The van der Waals surface area contributed by atoms with Crippen LogP contribution in [0.25, 0.3) is 0 Å². The second-order valence-electron chi connectivity index (χ2n) is 7.15. The molecule has 0 aromatic rings. The van der Waals surface area contributed by atoms with Gasteiger partial charge in [0.2, 0.25) is 0 Å². The topological polar surface area (TPSA) is 27.7 Å². The quantitative estimate of drug-likeness (QED) is 0.537. The fourth-order valence-corrected chi connectivity index (χ4v) is 3.28. The molecule has 3 unspecified atom stereocenters. The van der Waals surface area contributed by atoms with Gasteiger partial charge in [0, 0.05) is 12.4 Å². The van der Waals surface area contributed by atoms with Crippen molar-refractivity contribution in [2.45, 2.75) is 70.1 Å². The summed E-state index contributed by atoms with van der Waals surface area (Å²) in [5.41, 5.74) is -0.461. The van der Waals surface area contributed by atoms with Gasteiger partial charge in [-0.1, -0.05) is 12.2 Å². The molecule has 0 N–H and O–H groups in total. The Bertz CT molecular complexity index is 362. The third kappa shape index (κ3) is 2.39. The van der Waals surface area contributed by atoms with E-state index in [0.717, 1.165) is 13.0 Å². The molecule has 0 aromatic heterocycles. The molecule has 2 aliphatic heterocycles. The average molecular weight is 264 g/mol. The van der Waals surface area contributed by atoms with Crippen molar-refractivity contribution in [2.75, 3.05) is 6.61 Å². The number of allylic oxidation sites excluding steroid dienone is 1. The Kier molecular flexibility index (Phi) is 3.31. The van der Waals surface area contributed by atoms with Crippen molar-refractivity contribution >= 4 is 7.12 Å². The smallest absolute Gasteiger partial charge is 0.403 e. The van der Waals surface area contributed by atoms with E-state index < -0.39 is 0 Å². The highest BCUT2D eigenvalue weighted by Crippen LogP contribution is 2.44. The van der Waals surface area contributed by atoms with E-state index in [1.807, 2.05) is 0 Å². The van der Waals surface area contributed by atoms with E-state index in [9.17, 15) is 0 Å². The lowest BCUT2D eigenvalue weighted by Gasteiger charge is -2.35. The van der Waals surface area contributed by atoms with Gasteiger partial charge in [-0.15, -0.1) is 0 Å². The summed E-state index contributed by atoms with van der Waals surface area (Å²) in [4.78, 5) is 0. The summed E-state index contributed by atoms with van der Waals surface area (Å²) in [5, 5.41) is 0. The van der Waals surface area contributed by atoms with E-state index >= 15 is 0 Å². The Balaban J connectivity index is 1.71. The van der Waals surface area contributed by atoms with E-state index in [1.54, 1.807) is 0 Å². The summed E-state index contributed by atoms with van der Waals surface area (Å²) in [6.07, 6.45) is 8.37. The maximum absolute atomic E-state index is 6.17. The molecule has 3 aliphatic rings. The highest BCUT2D eigenvalue weighted by molar-refractivity contribution is 6.48. The largest absolute Gasteiger partial charge is 0.465 e. The van der Waals surface area contributed by atoms with Crippen LogP contribution in [0.15, 0.2) is 12.2 Å². The number of rotatable bonds is 1. The van der Waals surface area contributed by atoms with Gasteiger partial charge in [-0.2, -0.15) is 0 Å². The van der Waals surface area contributed by atoms with Crippen LogP contribution in [0.2, 0.25) is 5.82 Å². The second kappa shape index (κ2) is 4.61. The standard InChI is InChI=1S/C15H25BO3/c1-14(2)15(3,4)19-16(18-14)12-7-8-13-11(10-12)6-5-9-17-13/h7-8,11-13H,5-6,9-10H2,1-4H3. The molecular formula is C15H25BO3. The van der Waals surface area contributed by atoms with E-state index in [-0.39, 0.29) is 18.3 Å². The number of fused-ring (bicyclic) bond motifs is 1. The van der Waals surface area contributed by atoms with Crippen LogP contribution in [-0.2, 0) is 14.0 Å². The molecule has 4 heteroatoms. The van der Waals surface area contributed by atoms with E-state index in [2.05, 4.69) is 39.8 Å². The molecule has 3 rings (SSSR count). The SMILES string of the molecule is CC1(C)OB(C2C=CC3OCCCC3C2)OC1(C)C. The summed E-state index contributed by atoms with van der Waals surface area (Å²) in [7, 11) is -0.107. The second-order valence-corrected chi connectivity index (χ2v) is 7.15. The third-order valence-corrected chi connectivity index (χ3v) is 5.24. The minimum absolute atomic E-state index is 0.107. The van der Waals surface area contributed by atoms with Gasteiger partial charge in [0.05, 0.1) is 17.3 Å². The summed E-state index contributed by atoms with van der Waals surface area (Å²) >= 11 is 0. The van der Waals surface area contributed by atoms with Gasteiger partial charge in [0.25, 0.3) is 0 Å². The van der Waals surface area contributed by atoms with Crippen molar-refractivity contribution in [3.05, 3.63) is 12.2 Å². The molecule has 2 fully saturated rings. The molecule has 19 heavy (non-hydrogen) atoms. The van der Waals surface area contributed by atoms with E-state index in [1.165, 1.54) is 12.8 Å². The zero-order valence-corrected chi connectivity index (χ0v) is 12.5. The molecule has 0 spiro atoms. The molecule has 0 radical (unpaired) electrons. The molecule has 2 heterocycles. The molecule has 3 nitrogen and oxygen atoms in total. The maximum Gasteiger partial charge on any atom is 0.465 e. The first-order valence-corrected chi connectivity index (χ1v) is 7.55. The Hall–Kier alpha value is -0.315. The van der Waals surface area contributed by atoms with Gasteiger partial charge in [-0.3, -0.25) is 0 Å². The van der Waals surface area contributed by atoms with Crippen LogP contribution in [0, 0.1) is 5.92 Å². The summed E-state index contributed by atoms with van der Waals surface area (Å²) in [6.45, 7) is 9.38. The fraction of sp³-hybridized carbons (Fsp3) is 0.867. The predicted octanol–water partition coefficient (Wildman–Crippen LogP) is 3.20.